The van der Waals surface area contributed by atoms with E-state index in [1.807, 2.05) is 0 Å². The third kappa shape index (κ3) is 3.38. The van der Waals surface area contributed by atoms with Crippen molar-refractivity contribution in [1.29, 1.82) is 5.26 Å². The van der Waals surface area contributed by atoms with Crippen molar-refractivity contribution < 1.29 is 26.7 Å². The molecule has 0 aliphatic carbocycles. The second-order valence-corrected chi connectivity index (χ2v) is 5.20. The van der Waals surface area contributed by atoms with Crippen LogP contribution >= 0.6 is 0 Å². The number of allylic oxidation sites excluding steroid dienone is 1. The van der Waals surface area contributed by atoms with Crippen LogP contribution in [0.2, 0.25) is 0 Å². The SMILES string of the molecule is N#CC=C1CN(C(F)[C@@](F)(NC(=O)c2ccccc2)C(F)(F)F)C1. The summed E-state index contributed by atoms with van der Waals surface area (Å²) < 4.78 is 67.9. The van der Waals surface area contributed by atoms with Crippen LogP contribution in [0.25, 0.3) is 0 Å². The maximum atomic E-state index is 14.5. The topological polar surface area (TPSA) is 56.1 Å². The van der Waals surface area contributed by atoms with E-state index in [1.54, 1.807) is 6.07 Å². The second-order valence-electron chi connectivity index (χ2n) is 5.20. The molecule has 1 amide bonds. The Balaban J connectivity index is 2.20. The van der Waals surface area contributed by atoms with E-state index in [0.717, 1.165) is 11.4 Å². The Morgan fingerprint density at radius 3 is 2.33 bits per heavy atom. The summed E-state index contributed by atoms with van der Waals surface area (Å²) in [6.07, 6.45) is -7.74. The van der Waals surface area contributed by atoms with Crippen molar-refractivity contribution in [2.24, 2.45) is 0 Å². The third-order valence-corrected chi connectivity index (χ3v) is 3.47. The molecule has 128 valence electrons. The van der Waals surface area contributed by atoms with Crippen LogP contribution in [0.15, 0.2) is 42.0 Å². The van der Waals surface area contributed by atoms with Crippen LogP contribution in [-0.2, 0) is 0 Å². The molecule has 1 unspecified atom stereocenters. The van der Waals surface area contributed by atoms with E-state index in [0.29, 0.717) is 10.5 Å². The number of rotatable bonds is 4. The highest BCUT2D eigenvalue weighted by molar-refractivity contribution is 5.94. The van der Waals surface area contributed by atoms with Crippen LogP contribution in [0.3, 0.4) is 0 Å². The number of nitrogens with one attached hydrogen (secondary N) is 1. The summed E-state index contributed by atoms with van der Waals surface area (Å²) in [7, 11) is 0. The summed E-state index contributed by atoms with van der Waals surface area (Å²) >= 11 is 0. The molecule has 0 spiro atoms. The quantitative estimate of drug-likeness (QED) is 0.519. The molecule has 0 bridgehead atoms. The van der Waals surface area contributed by atoms with Gasteiger partial charge in [-0.2, -0.15) is 18.4 Å². The number of halogens is 5. The van der Waals surface area contributed by atoms with E-state index in [9.17, 15) is 26.7 Å². The van der Waals surface area contributed by atoms with E-state index in [2.05, 4.69) is 0 Å². The summed E-state index contributed by atoms with van der Waals surface area (Å²) in [5.74, 6) is -5.95. The number of amides is 1. The number of nitriles is 1. The average Bonchev–Trinajstić information content (AvgIpc) is 2.49. The molecule has 2 atom stereocenters. The molecular weight excluding hydrogens is 333 g/mol. The largest absolute Gasteiger partial charge is 0.446 e. The lowest BCUT2D eigenvalue weighted by atomic mass is 10.0. The minimum atomic E-state index is -5.66. The van der Waals surface area contributed by atoms with Crippen LogP contribution in [-0.4, -0.2) is 42.2 Å². The van der Waals surface area contributed by atoms with Crippen molar-refractivity contribution in [2.45, 2.75) is 18.3 Å². The van der Waals surface area contributed by atoms with Crippen LogP contribution < -0.4 is 5.32 Å². The minimum absolute atomic E-state index is 0.232. The molecule has 1 saturated heterocycles. The Hall–Kier alpha value is -2.47. The number of likely N-dealkylation sites (tertiary alicyclic amines) is 1. The third-order valence-electron chi connectivity index (χ3n) is 3.47. The molecule has 1 aliphatic heterocycles. The van der Waals surface area contributed by atoms with Crippen molar-refractivity contribution in [1.82, 2.24) is 10.2 Å². The zero-order valence-electron chi connectivity index (χ0n) is 12.1. The number of alkyl halides is 5. The lowest BCUT2D eigenvalue weighted by Crippen LogP contribution is -2.67. The van der Waals surface area contributed by atoms with Crippen LogP contribution in [0.1, 0.15) is 10.4 Å². The zero-order valence-corrected chi connectivity index (χ0v) is 12.1. The molecule has 9 heteroatoms. The van der Waals surface area contributed by atoms with Crippen molar-refractivity contribution in [3.05, 3.63) is 47.5 Å². The van der Waals surface area contributed by atoms with E-state index < -0.39 is 24.2 Å². The van der Waals surface area contributed by atoms with Crippen LogP contribution in [0, 0.1) is 11.3 Å². The molecule has 4 nitrogen and oxygen atoms in total. The van der Waals surface area contributed by atoms with Crippen molar-refractivity contribution in [2.75, 3.05) is 13.1 Å². The van der Waals surface area contributed by atoms with Gasteiger partial charge in [0.05, 0.1) is 6.07 Å². The highest BCUT2D eigenvalue weighted by Crippen LogP contribution is 2.39. The molecule has 1 heterocycles. The first-order valence-corrected chi connectivity index (χ1v) is 6.78. The molecule has 24 heavy (non-hydrogen) atoms. The Labute approximate surface area is 134 Å². The number of carbonyl (C=O) groups excluding carboxylic acids is 1. The van der Waals surface area contributed by atoms with E-state index in [4.69, 9.17) is 5.26 Å². The van der Waals surface area contributed by atoms with Crippen molar-refractivity contribution >= 4 is 5.91 Å². The molecule has 2 rings (SSSR count). The smallest absolute Gasteiger partial charge is 0.309 e. The Kier molecular flexibility index (Phi) is 4.89. The number of benzene rings is 1. The van der Waals surface area contributed by atoms with Crippen LogP contribution in [0.5, 0.6) is 0 Å². The van der Waals surface area contributed by atoms with Gasteiger partial charge >= 0.3 is 12.0 Å². The lowest BCUT2D eigenvalue weighted by molar-refractivity contribution is -0.278. The highest BCUT2D eigenvalue weighted by Gasteiger charge is 2.65. The van der Waals surface area contributed by atoms with Crippen molar-refractivity contribution in [3.63, 3.8) is 0 Å². The van der Waals surface area contributed by atoms with Gasteiger partial charge in [-0.1, -0.05) is 18.2 Å². The van der Waals surface area contributed by atoms with Crippen molar-refractivity contribution in [3.8, 4) is 6.07 Å². The number of nitrogens with zero attached hydrogens (tertiary/aromatic N) is 2. The predicted molar refractivity (Wildman–Crippen MR) is 74.0 cm³/mol. The van der Waals surface area contributed by atoms with Gasteiger partial charge in [0.25, 0.3) is 5.91 Å². The minimum Gasteiger partial charge on any atom is -0.309 e. The molecule has 1 aromatic rings. The van der Waals surface area contributed by atoms with Crippen LogP contribution in [0.4, 0.5) is 22.0 Å². The Morgan fingerprint density at radius 1 is 1.25 bits per heavy atom. The molecule has 0 aromatic heterocycles. The monoisotopic (exact) mass is 345 g/mol. The molecule has 1 fully saturated rings. The average molecular weight is 345 g/mol. The summed E-state index contributed by atoms with van der Waals surface area (Å²) in [6, 6.07) is 8.29. The Bertz CT molecular complexity index is 675. The fourth-order valence-electron chi connectivity index (χ4n) is 2.16. The summed E-state index contributed by atoms with van der Waals surface area (Å²) in [4.78, 5) is 12.4. The van der Waals surface area contributed by atoms with E-state index in [1.165, 1.54) is 30.3 Å². The van der Waals surface area contributed by atoms with E-state index in [-0.39, 0.29) is 18.7 Å². The lowest BCUT2D eigenvalue weighted by Gasteiger charge is -2.42. The normalized spacial score (nSPS) is 18.8. The number of carbonyl (C=O) groups is 1. The zero-order chi connectivity index (χ0) is 18.0. The van der Waals surface area contributed by atoms with Gasteiger partial charge in [-0.3, -0.25) is 9.69 Å². The van der Waals surface area contributed by atoms with Gasteiger partial charge in [0.1, 0.15) is 0 Å². The maximum absolute atomic E-state index is 14.5. The van der Waals surface area contributed by atoms with Gasteiger partial charge in [-0.05, 0) is 17.7 Å². The molecule has 0 saturated carbocycles. The van der Waals surface area contributed by atoms with Gasteiger partial charge in [0, 0.05) is 24.7 Å². The standard InChI is InChI=1S/C15H12F5N3O/c16-13(23-8-10(9-23)6-7-21)14(17,15(18,19)20)22-12(24)11-4-2-1-3-5-11/h1-6,13H,8-9H2,(H,22,24)/t13?,14-/m1/s1. The molecule has 1 aliphatic rings. The summed E-state index contributed by atoms with van der Waals surface area (Å²) in [6.45, 7) is -0.643. The van der Waals surface area contributed by atoms with Gasteiger partial charge < -0.3 is 5.32 Å². The molecule has 1 aromatic carbocycles. The number of hydrogen-bond donors (Lipinski definition) is 1. The van der Waals surface area contributed by atoms with Gasteiger partial charge in [-0.15, -0.1) is 0 Å². The molecular formula is C15H12F5N3O. The fourth-order valence-corrected chi connectivity index (χ4v) is 2.16. The van der Waals surface area contributed by atoms with E-state index >= 15 is 0 Å². The predicted octanol–water partition coefficient (Wildman–Crippen LogP) is 2.71. The number of hydrogen-bond acceptors (Lipinski definition) is 3. The first kappa shape index (κ1) is 17.9. The summed E-state index contributed by atoms with van der Waals surface area (Å²) in [5.41, 5.74) is 0.142. The molecule has 0 radical (unpaired) electrons. The van der Waals surface area contributed by atoms with Gasteiger partial charge in [0.15, 0.2) is 0 Å². The van der Waals surface area contributed by atoms with Gasteiger partial charge in [0.2, 0.25) is 6.30 Å². The Morgan fingerprint density at radius 2 is 1.83 bits per heavy atom. The first-order chi connectivity index (χ1) is 11.2. The van der Waals surface area contributed by atoms with Gasteiger partial charge in [-0.25, -0.2) is 8.78 Å². The maximum Gasteiger partial charge on any atom is 0.446 e. The summed E-state index contributed by atoms with van der Waals surface area (Å²) in [5, 5.41) is 9.52. The highest BCUT2D eigenvalue weighted by atomic mass is 19.4. The fraction of sp³-hybridized carbons (Fsp3) is 0.333. The second kappa shape index (κ2) is 6.57. The first-order valence-electron chi connectivity index (χ1n) is 6.78. The molecule has 1 N–H and O–H groups in total.